The zero-order chi connectivity index (χ0) is 12.4. The topological polar surface area (TPSA) is 20.2 Å². The summed E-state index contributed by atoms with van der Waals surface area (Å²) in [4.78, 5) is 0. The van der Waals surface area contributed by atoms with E-state index in [1.807, 2.05) is 25.1 Å². The molecular weight excluding hydrogens is 232 g/mol. The van der Waals surface area contributed by atoms with E-state index in [2.05, 4.69) is 6.92 Å². The molecule has 0 saturated heterocycles. The number of aryl methyl sites for hydroxylation is 1. The summed E-state index contributed by atoms with van der Waals surface area (Å²) in [6.45, 7) is 4.29. The van der Waals surface area contributed by atoms with Crippen LogP contribution in [-0.2, 0) is 0 Å². The van der Waals surface area contributed by atoms with Crippen molar-refractivity contribution >= 4 is 11.6 Å². The van der Waals surface area contributed by atoms with E-state index in [1.165, 1.54) is 12.8 Å². The van der Waals surface area contributed by atoms with Gasteiger partial charge in [0, 0.05) is 5.02 Å². The van der Waals surface area contributed by atoms with E-state index in [9.17, 15) is 5.11 Å². The summed E-state index contributed by atoms with van der Waals surface area (Å²) in [6, 6.07) is 5.94. The molecule has 1 saturated carbocycles. The maximum absolute atomic E-state index is 10.5. The van der Waals surface area contributed by atoms with Crippen LogP contribution in [0.2, 0.25) is 5.02 Å². The Morgan fingerprint density at radius 1 is 1.35 bits per heavy atom. The number of rotatable bonds is 2. The fourth-order valence-electron chi connectivity index (χ4n) is 2.89. The summed E-state index contributed by atoms with van der Waals surface area (Å²) >= 11 is 6.22. The van der Waals surface area contributed by atoms with E-state index in [0.29, 0.717) is 10.9 Å². The molecule has 0 spiro atoms. The molecule has 1 fully saturated rings. The fourth-order valence-corrected chi connectivity index (χ4v) is 3.24. The van der Waals surface area contributed by atoms with Gasteiger partial charge in [-0.2, -0.15) is 0 Å². The van der Waals surface area contributed by atoms with Gasteiger partial charge in [-0.15, -0.1) is 0 Å². The number of halogens is 1. The van der Waals surface area contributed by atoms with Crippen molar-refractivity contribution in [2.24, 2.45) is 11.8 Å². The van der Waals surface area contributed by atoms with E-state index >= 15 is 0 Å². The van der Waals surface area contributed by atoms with E-state index < -0.39 is 6.10 Å². The monoisotopic (exact) mass is 252 g/mol. The van der Waals surface area contributed by atoms with Crippen LogP contribution in [-0.4, -0.2) is 5.11 Å². The third-order valence-corrected chi connectivity index (χ3v) is 4.23. The molecule has 3 unspecified atom stereocenters. The van der Waals surface area contributed by atoms with Gasteiger partial charge in [-0.25, -0.2) is 0 Å². The first-order valence-corrected chi connectivity index (χ1v) is 6.90. The molecule has 17 heavy (non-hydrogen) atoms. The van der Waals surface area contributed by atoms with Crippen molar-refractivity contribution in [3.8, 4) is 0 Å². The van der Waals surface area contributed by atoms with E-state index in [4.69, 9.17) is 11.6 Å². The lowest BCUT2D eigenvalue weighted by atomic mass is 9.78. The van der Waals surface area contributed by atoms with Gasteiger partial charge in [0.05, 0.1) is 6.10 Å². The standard InChI is InChI=1S/C15H21ClO/c1-10-4-3-5-12(8-10)15(17)13-7-6-11(2)9-14(13)16/h6-7,9-10,12,15,17H,3-5,8H2,1-2H3. The molecule has 94 valence electrons. The lowest BCUT2D eigenvalue weighted by Gasteiger charge is -2.31. The molecule has 1 aliphatic rings. The van der Waals surface area contributed by atoms with Crippen molar-refractivity contribution in [3.05, 3.63) is 34.3 Å². The van der Waals surface area contributed by atoms with Crippen LogP contribution in [0.25, 0.3) is 0 Å². The van der Waals surface area contributed by atoms with Gasteiger partial charge in [-0.1, -0.05) is 43.5 Å². The minimum Gasteiger partial charge on any atom is -0.388 e. The Bertz CT molecular complexity index is 389. The Hall–Kier alpha value is -0.530. The third-order valence-electron chi connectivity index (χ3n) is 3.90. The first-order chi connectivity index (χ1) is 8.08. The molecule has 1 nitrogen and oxygen atoms in total. The van der Waals surface area contributed by atoms with E-state index in [0.717, 1.165) is 29.9 Å². The summed E-state index contributed by atoms with van der Waals surface area (Å²) in [5.74, 6) is 1.10. The molecule has 0 aromatic heterocycles. The smallest absolute Gasteiger partial charge is 0.0832 e. The Labute approximate surface area is 109 Å². The predicted molar refractivity (Wildman–Crippen MR) is 72.3 cm³/mol. The highest BCUT2D eigenvalue weighted by Crippen LogP contribution is 2.39. The number of hydrogen-bond acceptors (Lipinski definition) is 1. The Morgan fingerprint density at radius 3 is 2.76 bits per heavy atom. The van der Waals surface area contributed by atoms with Crippen LogP contribution in [0.15, 0.2) is 18.2 Å². The second-order valence-corrected chi connectivity index (χ2v) is 5.91. The molecule has 1 aromatic rings. The summed E-state index contributed by atoms with van der Waals surface area (Å²) in [7, 11) is 0. The highest BCUT2D eigenvalue weighted by Gasteiger charge is 2.27. The molecule has 3 atom stereocenters. The predicted octanol–water partition coefficient (Wildman–Crippen LogP) is 4.51. The van der Waals surface area contributed by atoms with Crippen LogP contribution < -0.4 is 0 Å². The largest absolute Gasteiger partial charge is 0.388 e. The number of aliphatic hydroxyl groups excluding tert-OH is 1. The average molecular weight is 253 g/mol. The minimum absolute atomic E-state index is 0.374. The molecule has 0 heterocycles. The maximum atomic E-state index is 10.5. The van der Waals surface area contributed by atoms with Gasteiger partial charge in [0.1, 0.15) is 0 Å². The third kappa shape index (κ3) is 3.02. The van der Waals surface area contributed by atoms with Gasteiger partial charge < -0.3 is 5.11 Å². The van der Waals surface area contributed by atoms with Gasteiger partial charge in [-0.05, 0) is 48.8 Å². The van der Waals surface area contributed by atoms with Gasteiger partial charge >= 0.3 is 0 Å². The van der Waals surface area contributed by atoms with Gasteiger partial charge in [0.25, 0.3) is 0 Å². The number of benzene rings is 1. The van der Waals surface area contributed by atoms with Crippen LogP contribution >= 0.6 is 11.6 Å². The molecule has 1 aromatic carbocycles. The maximum Gasteiger partial charge on any atom is 0.0832 e. The quantitative estimate of drug-likeness (QED) is 0.821. The van der Waals surface area contributed by atoms with Crippen LogP contribution in [0.1, 0.15) is 49.8 Å². The van der Waals surface area contributed by atoms with E-state index in [1.54, 1.807) is 0 Å². The minimum atomic E-state index is -0.397. The Balaban J connectivity index is 2.15. The average Bonchev–Trinajstić information content (AvgIpc) is 2.28. The summed E-state index contributed by atoms with van der Waals surface area (Å²) in [5.41, 5.74) is 2.04. The van der Waals surface area contributed by atoms with Crippen molar-refractivity contribution in [2.75, 3.05) is 0 Å². The lowest BCUT2D eigenvalue weighted by Crippen LogP contribution is -2.20. The second-order valence-electron chi connectivity index (χ2n) is 5.50. The Kier molecular flexibility index (Phi) is 4.11. The van der Waals surface area contributed by atoms with Crippen molar-refractivity contribution in [1.29, 1.82) is 0 Å². The highest BCUT2D eigenvalue weighted by atomic mass is 35.5. The molecule has 0 amide bonds. The summed E-state index contributed by atoms with van der Waals surface area (Å²) < 4.78 is 0. The van der Waals surface area contributed by atoms with Gasteiger partial charge in [-0.3, -0.25) is 0 Å². The fraction of sp³-hybridized carbons (Fsp3) is 0.600. The van der Waals surface area contributed by atoms with Gasteiger partial charge in [0.2, 0.25) is 0 Å². The molecule has 2 heteroatoms. The summed E-state index contributed by atoms with van der Waals surface area (Å²) in [6.07, 6.45) is 4.36. The molecule has 1 aliphatic carbocycles. The highest BCUT2D eigenvalue weighted by molar-refractivity contribution is 6.31. The Morgan fingerprint density at radius 2 is 2.12 bits per heavy atom. The van der Waals surface area contributed by atoms with E-state index in [-0.39, 0.29) is 0 Å². The zero-order valence-corrected chi connectivity index (χ0v) is 11.4. The van der Waals surface area contributed by atoms with Crippen LogP contribution in [0.4, 0.5) is 0 Å². The van der Waals surface area contributed by atoms with Gasteiger partial charge in [0.15, 0.2) is 0 Å². The van der Waals surface area contributed by atoms with Crippen molar-refractivity contribution in [1.82, 2.24) is 0 Å². The normalized spacial score (nSPS) is 26.8. The second kappa shape index (κ2) is 5.41. The molecule has 0 radical (unpaired) electrons. The number of aliphatic hydroxyl groups is 1. The number of hydrogen-bond donors (Lipinski definition) is 1. The van der Waals surface area contributed by atoms with Crippen molar-refractivity contribution < 1.29 is 5.11 Å². The zero-order valence-electron chi connectivity index (χ0n) is 10.6. The van der Waals surface area contributed by atoms with Crippen LogP contribution in [0.5, 0.6) is 0 Å². The summed E-state index contributed by atoms with van der Waals surface area (Å²) in [5, 5.41) is 11.2. The van der Waals surface area contributed by atoms with Crippen LogP contribution in [0.3, 0.4) is 0 Å². The molecular formula is C15H21ClO. The van der Waals surface area contributed by atoms with Crippen molar-refractivity contribution in [2.45, 2.75) is 45.6 Å². The lowest BCUT2D eigenvalue weighted by molar-refractivity contribution is 0.0715. The van der Waals surface area contributed by atoms with Crippen LogP contribution in [0, 0.1) is 18.8 Å². The SMILES string of the molecule is Cc1ccc(C(O)C2CCCC(C)C2)c(Cl)c1. The first kappa shape index (κ1) is 12.9. The molecule has 1 N–H and O–H groups in total. The molecule has 0 aliphatic heterocycles. The molecule has 0 bridgehead atoms. The first-order valence-electron chi connectivity index (χ1n) is 6.52. The van der Waals surface area contributed by atoms with Crippen molar-refractivity contribution in [3.63, 3.8) is 0 Å². The molecule has 2 rings (SSSR count).